The van der Waals surface area contributed by atoms with Crippen molar-refractivity contribution in [1.82, 2.24) is 15.6 Å². The van der Waals surface area contributed by atoms with E-state index in [4.69, 9.17) is 10.3 Å². The zero-order valence-corrected chi connectivity index (χ0v) is 11.3. The Kier molecular flexibility index (Phi) is 4.95. The van der Waals surface area contributed by atoms with Gasteiger partial charge >= 0.3 is 5.91 Å². The van der Waals surface area contributed by atoms with Crippen LogP contribution in [-0.4, -0.2) is 37.5 Å². The predicted molar refractivity (Wildman–Crippen MR) is 72.3 cm³/mol. The number of nitrogen functional groups attached to an aromatic ring is 1. The summed E-state index contributed by atoms with van der Waals surface area (Å²) in [4.78, 5) is 13.7. The molecule has 1 aromatic rings. The molecule has 1 aromatic heterocycles. The van der Waals surface area contributed by atoms with E-state index >= 15 is 0 Å². The number of rotatable bonds is 5. The number of nitrogens with one attached hydrogen (secondary N) is 2. The average Bonchev–Trinajstić information content (AvgIpc) is 2.87. The van der Waals surface area contributed by atoms with Gasteiger partial charge in [0.2, 0.25) is 0 Å². The van der Waals surface area contributed by atoms with Crippen LogP contribution in [0.5, 0.6) is 0 Å². The lowest BCUT2D eigenvalue weighted by Crippen LogP contribution is -2.38. The maximum atomic E-state index is 11.3. The van der Waals surface area contributed by atoms with Crippen LogP contribution in [0.1, 0.15) is 29.2 Å². The molecule has 6 heteroatoms. The molecule has 0 saturated carbocycles. The number of nitrogens with two attached hydrogens (primary N) is 1. The Hall–Kier alpha value is -1.37. The van der Waals surface area contributed by atoms with E-state index in [1.165, 1.54) is 12.8 Å². The third-order valence-corrected chi connectivity index (χ3v) is 3.49. The van der Waals surface area contributed by atoms with Gasteiger partial charge in [-0.25, -0.2) is 5.84 Å². The van der Waals surface area contributed by atoms with Crippen LogP contribution < -0.4 is 16.6 Å². The maximum absolute atomic E-state index is 11.3. The zero-order valence-electron chi connectivity index (χ0n) is 11.3. The van der Waals surface area contributed by atoms with Gasteiger partial charge in [-0.2, -0.15) is 0 Å². The van der Waals surface area contributed by atoms with E-state index in [2.05, 4.69) is 15.6 Å². The van der Waals surface area contributed by atoms with E-state index in [0.29, 0.717) is 5.92 Å². The van der Waals surface area contributed by atoms with Crippen molar-refractivity contribution in [2.75, 3.05) is 26.7 Å². The Morgan fingerprint density at radius 2 is 2.42 bits per heavy atom. The van der Waals surface area contributed by atoms with Gasteiger partial charge in [0, 0.05) is 6.54 Å². The molecule has 1 fully saturated rings. The van der Waals surface area contributed by atoms with Gasteiger partial charge < -0.3 is 9.73 Å². The van der Waals surface area contributed by atoms with Crippen molar-refractivity contribution in [1.29, 1.82) is 0 Å². The van der Waals surface area contributed by atoms with Gasteiger partial charge in [-0.05, 0) is 51.0 Å². The van der Waals surface area contributed by atoms with Gasteiger partial charge in [-0.1, -0.05) is 0 Å². The topological polar surface area (TPSA) is 83.5 Å². The van der Waals surface area contributed by atoms with Gasteiger partial charge in [0.25, 0.3) is 0 Å². The molecule has 0 spiro atoms. The third-order valence-electron chi connectivity index (χ3n) is 3.49. The monoisotopic (exact) mass is 266 g/mol. The maximum Gasteiger partial charge on any atom is 0.300 e. The molecule has 19 heavy (non-hydrogen) atoms. The van der Waals surface area contributed by atoms with Crippen LogP contribution in [0.25, 0.3) is 0 Å². The van der Waals surface area contributed by atoms with E-state index < -0.39 is 5.91 Å². The van der Waals surface area contributed by atoms with Crippen molar-refractivity contribution in [2.24, 2.45) is 11.8 Å². The first-order valence-corrected chi connectivity index (χ1v) is 6.69. The smallest absolute Gasteiger partial charge is 0.300 e. The minimum Gasteiger partial charge on any atom is -0.455 e. The Balaban J connectivity index is 1.89. The minimum atomic E-state index is -0.391. The fourth-order valence-corrected chi connectivity index (χ4v) is 2.63. The van der Waals surface area contributed by atoms with Crippen molar-refractivity contribution in [3.05, 3.63) is 23.7 Å². The zero-order chi connectivity index (χ0) is 13.7. The van der Waals surface area contributed by atoms with Gasteiger partial charge in [0.05, 0.1) is 6.54 Å². The van der Waals surface area contributed by atoms with Crippen molar-refractivity contribution in [3.63, 3.8) is 0 Å². The molecular formula is C13H22N4O2. The fraction of sp³-hybridized carbons (Fsp3) is 0.615. The number of nitrogens with zero attached hydrogens (tertiary/aromatic N) is 1. The van der Waals surface area contributed by atoms with E-state index in [-0.39, 0.29) is 5.76 Å². The molecule has 0 aliphatic carbocycles. The summed E-state index contributed by atoms with van der Waals surface area (Å²) in [6, 6.07) is 3.50. The van der Waals surface area contributed by atoms with E-state index in [0.717, 1.165) is 31.9 Å². The average molecular weight is 266 g/mol. The molecule has 0 aromatic carbocycles. The molecule has 1 unspecified atom stereocenters. The molecule has 0 bridgehead atoms. The second kappa shape index (κ2) is 6.70. The van der Waals surface area contributed by atoms with Crippen molar-refractivity contribution in [3.8, 4) is 0 Å². The normalized spacial score (nSPS) is 20.4. The molecule has 106 valence electrons. The highest BCUT2D eigenvalue weighted by Crippen LogP contribution is 2.19. The van der Waals surface area contributed by atoms with E-state index in [9.17, 15) is 4.79 Å². The number of furan rings is 1. The number of hydrazine groups is 1. The van der Waals surface area contributed by atoms with Gasteiger partial charge in [-0.15, -0.1) is 0 Å². The van der Waals surface area contributed by atoms with Crippen molar-refractivity contribution >= 4 is 5.91 Å². The summed E-state index contributed by atoms with van der Waals surface area (Å²) in [5.41, 5.74) is 2.07. The second-order valence-electron chi connectivity index (χ2n) is 5.04. The Labute approximate surface area is 113 Å². The third kappa shape index (κ3) is 3.79. The molecule has 6 nitrogen and oxygen atoms in total. The summed E-state index contributed by atoms with van der Waals surface area (Å²) in [6.07, 6.45) is 2.49. The Bertz CT molecular complexity index is 417. The van der Waals surface area contributed by atoms with Gasteiger partial charge in [0.15, 0.2) is 5.76 Å². The SMILES string of the molecule is CNCC1CCCN(Cc2ccc(C(=O)NN)o2)C1. The second-order valence-corrected chi connectivity index (χ2v) is 5.04. The first-order chi connectivity index (χ1) is 9.22. The first kappa shape index (κ1) is 14.0. The molecule has 1 atom stereocenters. The number of piperidine rings is 1. The molecule has 1 amide bonds. The van der Waals surface area contributed by atoms with Crippen LogP contribution >= 0.6 is 0 Å². The molecule has 2 rings (SSSR count). The quantitative estimate of drug-likeness (QED) is 0.406. The Morgan fingerprint density at radius 3 is 3.16 bits per heavy atom. The summed E-state index contributed by atoms with van der Waals surface area (Å²) >= 11 is 0. The molecule has 0 radical (unpaired) electrons. The lowest BCUT2D eigenvalue weighted by Gasteiger charge is -2.31. The number of hydrogen-bond donors (Lipinski definition) is 3. The van der Waals surface area contributed by atoms with Crippen LogP contribution in [-0.2, 0) is 6.54 Å². The van der Waals surface area contributed by atoms with Crippen molar-refractivity contribution in [2.45, 2.75) is 19.4 Å². The van der Waals surface area contributed by atoms with Crippen LogP contribution in [0.3, 0.4) is 0 Å². The highest BCUT2D eigenvalue weighted by Gasteiger charge is 2.20. The van der Waals surface area contributed by atoms with Crippen LogP contribution in [0, 0.1) is 5.92 Å². The first-order valence-electron chi connectivity index (χ1n) is 6.69. The highest BCUT2D eigenvalue weighted by atomic mass is 16.4. The molecule has 1 aliphatic rings. The van der Waals surface area contributed by atoms with Crippen molar-refractivity contribution < 1.29 is 9.21 Å². The van der Waals surface area contributed by atoms with Crippen LogP contribution in [0.4, 0.5) is 0 Å². The lowest BCUT2D eigenvalue weighted by molar-refractivity contribution is 0.0919. The number of hydrogen-bond acceptors (Lipinski definition) is 5. The molecule has 4 N–H and O–H groups in total. The summed E-state index contributed by atoms with van der Waals surface area (Å²) in [6.45, 7) is 3.95. The number of carbonyl (C=O) groups excluding carboxylic acids is 1. The Morgan fingerprint density at radius 1 is 1.58 bits per heavy atom. The number of amides is 1. The van der Waals surface area contributed by atoms with Gasteiger partial charge in [0.1, 0.15) is 5.76 Å². The molecule has 1 aliphatic heterocycles. The van der Waals surface area contributed by atoms with Crippen LogP contribution in [0.2, 0.25) is 0 Å². The molecular weight excluding hydrogens is 244 g/mol. The molecule has 1 saturated heterocycles. The summed E-state index contributed by atoms with van der Waals surface area (Å²) in [5.74, 6) is 6.45. The highest BCUT2D eigenvalue weighted by molar-refractivity contribution is 5.90. The lowest BCUT2D eigenvalue weighted by atomic mass is 9.98. The van der Waals surface area contributed by atoms with Crippen LogP contribution in [0.15, 0.2) is 16.5 Å². The van der Waals surface area contributed by atoms with E-state index in [1.54, 1.807) is 6.07 Å². The molecule has 2 heterocycles. The number of likely N-dealkylation sites (tertiary alicyclic amines) is 1. The number of carbonyl (C=O) groups is 1. The summed E-state index contributed by atoms with van der Waals surface area (Å²) < 4.78 is 5.48. The van der Waals surface area contributed by atoms with Gasteiger partial charge in [-0.3, -0.25) is 15.1 Å². The largest absolute Gasteiger partial charge is 0.455 e. The summed E-state index contributed by atoms with van der Waals surface area (Å²) in [7, 11) is 1.99. The predicted octanol–water partition coefficient (Wildman–Crippen LogP) is 0.315. The van der Waals surface area contributed by atoms with E-state index in [1.807, 2.05) is 13.1 Å². The fourth-order valence-electron chi connectivity index (χ4n) is 2.63. The standard InChI is InChI=1S/C13H22N4O2/c1-15-7-10-3-2-6-17(8-10)9-11-4-5-12(19-11)13(18)16-14/h4-5,10,15H,2-3,6-9,14H2,1H3,(H,16,18). The summed E-state index contributed by atoms with van der Waals surface area (Å²) in [5, 5.41) is 3.23. The minimum absolute atomic E-state index is 0.265.